The molecule has 0 aromatic heterocycles. The molecule has 0 atom stereocenters. The number of hydrogen-bond donors (Lipinski definition) is 0. The van der Waals surface area contributed by atoms with Crippen molar-refractivity contribution in [1.82, 2.24) is 0 Å². The number of aryl methyl sites for hydroxylation is 1. The molecule has 2 nitrogen and oxygen atoms in total. The van der Waals surface area contributed by atoms with E-state index in [1.54, 1.807) is 6.07 Å². The molecule has 2 aromatic carbocycles. The Hall–Kier alpha value is -1.98. The van der Waals surface area contributed by atoms with Gasteiger partial charge in [-0.2, -0.15) is 5.26 Å². The van der Waals surface area contributed by atoms with Gasteiger partial charge in [-0.05, 0) is 36.2 Å². The summed E-state index contributed by atoms with van der Waals surface area (Å²) < 4.78 is 5.80. The van der Waals surface area contributed by atoms with Gasteiger partial charge >= 0.3 is 0 Å². The fraction of sp³-hybridized carbons (Fsp3) is 0.188. The number of alkyl halides is 1. The summed E-state index contributed by atoms with van der Waals surface area (Å²) in [6.07, 6.45) is 0. The maximum Gasteiger partial charge on any atom is 0.124 e. The third kappa shape index (κ3) is 3.27. The van der Waals surface area contributed by atoms with Crippen LogP contribution in [0.15, 0.2) is 42.5 Å². The monoisotopic (exact) mass is 271 g/mol. The maximum atomic E-state index is 8.83. The number of halogens is 1. The van der Waals surface area contributed by atoms with E-state index in [4.69, 9.17) is 21.6 Å². The number of benzene rings is 2. The fourth-order valence-electron chi connectivity index (χ4n) is 1.84. The fourth-order valence-corrected chi connectivity index (χ4v) is 2.06. The predicted molar refractivity (Wildman–Crippen MR) is 76.2 cm³/mol. The summed E-state index contributed by atoms with van der Waals surface area (Å²) in [5.74, 6) is 1.24. The maximum absolute atomic E-state index is 8.83. The van der Waals surface area contributed by atoms with Gasteiger partial charge in [0.15, 0.2) is 0 Å². The van der Waals surface area contributed by atoms with Crippen molar-refractivity contribution in [2.75, 3.05) is 0 Å². The zero-order chi connectivity index (χ0) is 13.7. The third-order valence-corrected chi connectivity index (χ3v) is 3.26. The van der Waals surface area contributed by atoms with Crippen LogP contribution in [0, 0.1) is 18.3 Å². The van der Waals surface area contributed by atoms with Crippen molar-refractivity contribution in [2.45, 2.75) is 19.4 Å². The standard InChI is InChI=1S/C16H14ClNO/c1-12-8-13(10-18)6-7-15(12)11-19-16-5-3-2-4-14(16)9-17/h2-8H,9,11H2,1H3. The van der Waals surface area contributed by atoms with E-state index < -0.39 is 0 Å². The van der Waals surface area contributed by atoms with Crippen LogP contribution in [0.5, 0.6) is 5.75 Å². The highest BCUT2D eigenvalue weighted by molar-refractivity contribution is 6.17. The minimum absolute atomic E-state index is 0.433. The molecular formula is C16H14ClNO. The second-order valence-electron chi connectivity index (χ2n) is 4.28. The molecular weight excluding hydrogens is 258 g/mol. The first kappa shape index (κ1) is 13.5. The van der Waals surface area contributed by atoms with E-state index in [0.29, 0.717) is 18.1 Å². The Morgan fingerprint density at radius 1 is 1.16 bits per heavy atom. The molecule has 2 rings (SSSR count). The summed E-state index contributed by atoms with van der Waals surface area (Å²) in [7, 11) is 0. The highest BCUT2D eigenvalue weighted by Crippen LogP contribution is 2.21. The van der Waals surface area contributed by atoms with E-state index in [0.717, 1.165) is 22.4 Å². The van der Waals surface area contributed by atoms with Crippen molar-refractivity contribution in [1.29, 1.82) is 5.26 Å². The van der Waals surface area contributed by atoms with E-state index in [1.807, 2.05) is 43.3 Å². The van der Waals surface area contributed by atoms with E-state index in [1.165, 1.54) is 0 Å². The average Bonchev–Trinajstić information content (AvgIpc) is 2.46. The Balaban J connectivity index is 2.13. The summed E-state index contributed by atoms with van der Waals surface area (Å²) in [4.78, 5) is 0. The largest absolute Gasteiger partial charge is 0.489 e. The first-order chi connectivity index (χ1) is 9.24. The van der Waals surface area contributed by atoms with Crippen molar-refractivity contribution in [3.8, 4) is 11.8 Å². The van der Waals surface area contributed by atoms with Crippen LogP contribution in [-0.2, 0) is 12.5 Å². The van der Waals surface area contributed by atoms with Gasteiger partial charge in [-0.3, -0.25) is 0 Å². The van der Waals surface area contributed by atoms with Crippen LogP contribution in [-0.4, -0.2) is 0 Å². The van der Waals surface area contributed by atoms with Gasteiger partial charge in [0.2, 0.25) is 0 Å². The van der Waals surface area contributed by atoms with Crippen LogP contribution in [0.2, 0.25) is 0 Å². The molecule has 0 N–H and O–H groups in total. The van der Waals surface area contributed by atoms with Gasteiger partial charge in [-0.25, -0.2) is 0 Å². The van der Waals surface area contributed by atoms with Crippen LogP contribution in [0.3, 0.4) is 0 Å². The number of nitrogens with zero attached hydrogens (tertiary/aromatic N) is 1. The number of para-hydroxylation sites is 1. The van der Waals surface area contributed by atoms with E-state index >= 15 is 0 Å². The molecule has 0 aliphatic heterocycles. The normalized spacial score (nSPS) is 9.95. The van der Waals surface area contributed by atoms with Crippen molar-refractivity contribution >= 4 is 11.6 Å². The zero-order valence-corrected chi connectivity index (χ0v) is 11.4. The van der Waals surface area contributed by atoms with Gasteiger partial charge in [0.1, 0.15) is 12.4 Å². The lowest BCUT2D eigenvalue weighted by atomic mass is 10.1. The molecule has 0 unspecified atom stereocenters. The van der Waals surface area contributed by atoms with Gasteiger partial charge < -0.3 is 4.74 Å². The first-order valence-corrected chi connectivity index (χ1v) is 6.54. The molecule has 3 heteroatoms. The minimum atomic E-state index is 0.433. The Labute approximate surface area is 118 Å². The Morgan fingerprint density at radius 3 is 2.63 bits per heavy atom. The molecule has 0 aliphatic rings. The van der Waals surface area contributed by atoms with Crippen molar-refractivity contribution in [3.63, 3.8) is 0 Å². The van der Waals surface area contributed by atoms with Crippen LogP contribution in [0.4, 0.5) is 0 Å². The SMILES string of the molecule is Cc1cc(C#N)ccc1COc1ccccc1CCl. The molecule has 0 spiro atoms. The molecule has 0 aliphatic carbocycles. The molecule has 0 radical (unpaired) electrons. The van der Waals surface area contributed by atoms with Crippen LogP contribution >= 0.6 is 11.6 Å². The summed E-state index contributed by atoms with van der Waals surface area (Å²) in [5.41, 5.74) is 3.78. The molecule has 0 heterocycles. The van der Waals surface area contributed by atoms with Crippen LogP contribution < -0.4 is 4.74 Å². The van der Waals surface area contributed by atoms with Crippen LogP contribution in [0.25, 0.3) is 0 Å². The lowest BCUT2D eigenvalue weighted by Gasteiger charge is -2.11. The second-order valence-corrected chi connectivity index (χ2v) is 4.55. The quantitative estimate of drug-likeness (QED) is 0.782. The van der Waals surface area contributed by atoms with Gasteiger partial charge in [0.05, 0.1) is 17.5 Å². The number of rotatable bonds is 4. The first-order valence-electron chi connectivity index (χ1n) is 6.01. The number of nitriles is 1. The smallest absolute Gasteiger partial charge is 0.124 e. The Morgan fingerprint density at radius 2 is 1.95 bits per heavy atom. The third-order valence-electron chi connectivity index (χ3n) is 2.97. The van der Waals surface area contributed by atoms with Gasteiger partial charge in [0.25, 0.3) is 0 Å². The van der Waals surface area contributed by atoms with Crippen molar-refractivity contribution in [2.24, 2.45) is 0 Å². The highest BCUT2D eigenvalue weighted by atomic mass is 35.5. The Bertz CT molecular complexity index is 616. The van der Waals surface area contributed by atoms with E-state index in [-0.39, 0.29) is 0 Å². The summed E-state index contributed by atoms with van der Waals surface area (Å²) in [6.45, 7) is 2.46. The zero-order valence-electron chi connectivity index (χ0n) is 10.7. The van der Waals surface area contributed by atoms with E-state index in [2.05, 4.69) is 6.07 Å². The second kappa shape index (κ2) is 6.26. The molecule has 0 amide bonds. The summed E-state index contributed by atoms with van der Waals surface area (Å²) in [5, 5.41) is 8.83. The number of ether oxygens (including phenoxy) is 1. The lowest BCUT2D eigenvalue weighted by molar-refractivity contribution is 0.303. The molecule has 2 aromatic rings. The van der Waals surface area contributed by atoms with E-state index in [9.17, 15) is 0 Å². The predicted octanol–water partition coefficient (Wildman–Crippen LogP) is 4.18. The number of hydrogen-bond acceptors (Lipinski definition) is 2. The molecule has 96 valence electrons. The average molecular weight is 272 g/mol. The highest BCUT2D eigenvalue weighted by Gasteiger charge is 2.04. The van der Waals surface area contributed by atoms with Crippen molar-refractivity contribution < 1.29 is 4.74 Å². The molecule has 19 heavy (non-hydrogen) atoms. The minimum Gasteiger partial charge on any atom is -0.489 e. The van der Waals surface area contributed by atoms with Crippen molar-refractivity contribution in [3.05, 3.63) is 64.7 Å². The van der Waals surface area contributed by atoms with Gasteiger partial charge in [-0.1, -0.05) is 24.3 Å². The summed E-state index contributed by atoms with van der Waals surface area (Å²) in [6, 6.07) is 15.5. The molecule has 0 saturated carbocycles. The Kier molecular flexibility index (Phi) is 4.43. The molecule has 0 bridgehead atoms. The topological polar surface area (TPSA) is 33.0 Å². The molecule has 0 fully saturated rings. The van der Waals surface area contributed by atoms with Gasteiger partial charge in [-0.15, -0.1) is 11.6 Å². The lowest BCUT2D eigenvalue weighted by Crippen LogP contribution is -2.00. The van der Waals surface area contributed by atoms with Crippen LogP contribution in [0.1, 0.15) is 22.3 Å². The summed E-state index contributed by atoms with van der Waals surface area (Å²) >= 11 is 5.87. The van der Waals surface area contributed by atoms with Gasteiger partial charge in [0, 0.05) is 5.56 Å². The molecule has 0 saturated heterocycles.